The Labute approximate surface area is 54.5 Å². The van der Waals surface area contributed by atoms with Crippen molar-refractivity contribution in [2.45, 2.75) is 4.59 Å². The second kappa shape index (κ2) is 2.46. The number of nitro groups is 1. The first-order chi connectivity index (χ1) is 3.42. The minimum atomic E-state index is -2.73. The van der Waals surface area contributed by atoms with Gasteiger partial charge in [0.1, 0.15) is 0 Å². The van der Waals surface area contributed by atoms with Gasteiger partial charge in [0.2, 0.25) is 0 Å². The highest BCUT2D eigenvalue weighted by Crippen LogP contribution is 2.21. The summed E-state index contributed by atoms with van der Waals surface area (Å²) in [6.45, 7) is -1.09. The Hall–Kier alpha value is -0.0900. The summed E-state index contributed by atoms with van der Waals surface area (Å²) in [7, 11) is 0. The van der Waals surface area contributed by atoms with Crippen molar-refractivity contribution in [2.75, 3.05) is 6.54 Å². The van der Waals surface area contributed by atoms with Gasteiger partial charge < -0.3 is 0 Å². The molecule has 0 spiro atoms. The number of hydrogen-bond donors (Lipinski definition) is 0. The summed E-state index contributed by atoms with van der Waals surface area (Å²) in [4.78, 5) is 8.48. The van der Waals surface area contributed by atoms with E-state index in [4.69, 9.17) is 0 Å². The molecule has 0 aromatic rings. The van der Waals surface area contributed by atoms with Crippen molar-refractivity contribution in [1.29, 1.82) is 0 Å². The standard InChI is InChI=1S/C2H2Cl2FNO2/c3-2(4,5)1-6(7)8/h1H2. The molecule has 0 N–H and O–H groups in total. The third kappa shape index (κ3) is 5.91. The van der Waals surface area contributed by atoms with Crippen molar-refractivity contribution in [3.05, 3.63) is 10.1 Å². The highest BCUT2D eigenvalue weighted by atomic mass is 35.5. The van der Waals surface area contributed by atoms with Gasteiger partial charge in [0, 0.05) is 4.92 Å². The fraction of sp³-hybridized carbons (Fsp3) is 1.00. The molecule has 0 fully saturated rings. The highest BCUT2D eigenvalue weighted by Gasteiger charge is 2.29. The zero-order valence-corrected chi connectivity index (χ0v) is 5.12. The molecule has 0 aromatic heterocycles. The smallest absolute Gasteiger partial charge is 0.264 e. The van der Waals surface area contributed by atoms with E-state index in [0.29, 0.717) is 0 Å². The third-order valence-electron chi connectivity index (χ3n) is 0.308. The largest absolute Gasteiger partial charge is 0.321 e. The van der Waals surface area contributed by atoms with Crippen LogP contribution in [0.15, 0.2) is 0 Å². The van der Waals surface area contributed by atoms with E-state index in [-0.39, 0.29) is 0 Å². The van der Waals surface area contributed by atoms with Crippen molar-refractivity contribution in [2.24, 2.45) is 0 Å². The van der Waals surface area contributed by atoms with Crippen molar-refractivity contribution < 1.29 is 9.31 Å². The lowest BCUT2D eigenvalue weighted by Gasteiger charge is -1.99. The molecule has 0 rings (SSSR count). The van der Waals surface area contributed by atoms with E-state index in [2.05, 4.69) is 23.2 Å². The fourth-order valence-corrected chi connectivity index (χ4v) is 0.342. The Kier molecular flexibility index (Phi) is 2.43. The minimum absolute atomic E-state index is 0.931. The van der Waals surface area contributed by atoms with Gasteiger partial charge in [-0.2, -0.15) is 0 Å². The van der Waals surface area contributed by atoms with Crippen LogP contribution in [0.5, 0.6) is 0 Å². The lowest BCUT2D eigenvalue weighted by Crippen LogP contribution is -2.18. The summed E-state index contributed by atoms with van der Waals surface area (Å²) in [5.74, 6) is 0. The number of alkyl halides is 3. The lowest BCUT2D eigenvalue weighted by atomic mass is 10.7. The molecule has 3 nitrogen and oxygen atoms in total. The molecule has 6 heteroatoms. The van der Waals surface area contributed by atoms with Crippen molar-refractivity contribution >= 4 is 23.2 Å². The maximum absolute atomic E-state index is 11.7. The van der Waals surface area contributed by atoms with Gasteiger partial charge in [0.25, 0.3) is 6.54 Å². The van der Waals surface area contributed by atoms with Crippen LogP contribution in [0.25, 0.3) is 0 Å². The monoisotopic (exact) mass is 161 g/mol. The molecule has 0 unspecified atom stereocenters. The summed E-state index contributed by atoms with van der Waals surface area (Å²) in [6.07, 6.45) is 0. The number of rotatable bonds is 2. The van der Waals surface area contributed by atoms with Crippen LogP contribution in [0.1, 0.15) is 0 Å². The molecule has 0 amide bonds. The van der Waals surface area contributed by atoms with Crippen LogP contribution in [-0.2, 0) is 0 Å². The highest BCUT2D eigenvalue weighted by molar-refractivity contribution is 6.47. The first-order valence-corrected chi connectivity index (χ1v) is 2.36. The van der Waals surface area contributed by atoms with Crippen molar-refractivity contribution in [3.63, 3.8) is 0 Å². The van der Waals surface area contributed by atoms with Gasteiger partial charge in [0.15, 0.2) is 0 Å². The number of nitrogens with zero attached hydrogens (tertiary/aromatic N) is 1. The van der Waals surface area contributed by atoms with Crippen LogP contribution in [0.3, 0.4) is 0 Å². The molecule has 0 radical (unpaired) electrons. The van der Waals surface area contributed by atoms with Gasteiger partial charge in [-0.25, -0.2) is 4.39 Å². The second-order valence-electron chi connectivity index (χ2n) is 1.11. The predicted molar refractivity (Wildman–Crippen MR) is 27.4 cm³/mol. The molecule has 0 atom stereocenters. The van der Waals surface area contributed by atoms with E-state index in [1.54, 1.807) is 0 Å². The molecule has 0 aliphatic carbocycles. The maximum atomic E-state index is 11.7. The van der Waals surface area contributed by atoms with Crippen molar-refractivity contribution in [3.8, 4) is 0 Å². The van der Waals surface area contributed by atoms with E-state index in [1.165, 1.54) is 0 Å². The van der Waals surface area contributed by atoms with Crippen LogP contribution in [-0.4, -0.2) is 16.1 Å². The molecule has 8 heavy (non-hydrogen) atoms. The van der Waals surface area contributed by atoms with E-state index < -0.39 is 16.1 Å². The van der Waals surface area contributed by atoms with Gasteiger partial charge >= 0.3 is 4.59 Å². The molecule has 0 heterocycles. The Bertz CT molecular complexity index is 101. The van der Waals surface area contributed by atoms with E-state index >= 15 is 0 Å². The van der Waals surface area contributed by atoms with Gasteiger partial charge in [-0.1, -0.05) is 23.2 Å². The van der Waals surface area contributed by atoms with Gasteiger partial charge in [-0.15, -0.1) is 0 Å². The van der Waals surface area contributed by atoms with Gasteiger partial charge in [-0.3, -0.25) is 10.1 Å². The molecule has 0 saturated heterocycles. The summed E-state index contributed by atoms with van der Waals surface area (Å²) in [6, 6.07) is 0. The van der Waals surface area contributed by atoms with E-state index in [0.717, 1.165) is 0 Å². The zero-order chi connectivity index (χ0) is 6.78. The average molecular weight is 162 g/mol. The SMILES string of the molecule is O=[N+]([O-])CC(F)(Cl)Cl. The Balaban J connectivity index is 3.55. The predicted octanol–water partition coefficient (Wildman–Crippen LogP) is 1.36. The Morgan fingerprint density at radius 1 is 1.75 bits per heavy atom. The van der Waals surface area contributed by atoms with E-state index in [1.807, 2.05) is 0 Å². The van der Waals surface area contributed by atoms with Crippen LogP contribution in [0, 0.1) is 10.1 Å². The summed E-state index contributed by atoms with van der Waals surface area (Å²) >= 11 is 9.17. The van der Waals surface area contributed by atoms with Crippen LogP contribution in [0.4, 0.5) is 4.39 Å². The average Bonchev–Trinajstić information content (AvgIpc) is 1.21. The number of hydrogen-bond acceptors (Lipinski definition) is 2. The first-order valence-electron chi connectivity index (χ1n) is 1.60. The Morgan fingerprint density at radius 3 is 2.12 bits per heavy atom. The zero-order valence-electron chi connectivity index (χ0n) is 3.60. The normalized spacial score (nSPS) is 11.4. The summed E-state index contributed by atoms with van der Waals surface area (Å²) < 4.78 is 9.00. The fourth-order valence-electron chi connectivity index (χ4n) is 0.146. The molecule has 0 aromatic carbocycles. The lowest BCUT2D eigenvalue weighted by molar-refractivity contribution is -0.486. The van der Waals surface area contributed by atoms with Gasteiger partial charge in [0.05, 0.1) is 0 Å². The molecule has 0 bridgehead atoms. The third-order valence-corrected chi connectivity index (χ3v) is 0.547. The van der Waals surface area contributed by atoms with Crippen LogP contribution < -0.4 is 0 Å². The number of halogens is 3. The summed E-state index contributed by atoms with van der Waals surface area (Å²) in [5.41, 5.74) is 0. The first kappa shape index (κ1) is 7.91. The quantitative estimate of drug-likeness (QED) is 0.349. The summed E-state index contributed by atoms with van der Waals surface area (Å²) in [5, 5.41) is 9.41. The Morgan fingerprint density at radius 2 is 2.12 bits per heavy atom. The van der Waals surface area contributed by atoms with Crippen LogP contribution >= 0.6 is 23.2 Å². The molecule has 0 aliphatic rings. The van der Waals surface area contributed by atoms with E-state index in [9.17, 15) is 14.5 Å². The van der Waals surface area contributed by atoms with Crippen molar-refractivity contribution in [1.82, 2.24) is 0 Å². The molecular weight excluding hydrogens is 160 g/mol. The van der Waals surface area contributed by atoms with Crippen LogP contribution in [0.2, 0.25) is 0 Å². The second-order valence-corrected chi connectivity index (χ2v) is 2.50. The molecule has 48 valence electrons. The maximum Gasteiger partial charge on any atom is 0.321 e. The molecule has 0 aliphatic heterocycles. The molecular formula is C2H2Cl2FNO2. The topological polar surface area (TPSA) is 43.1 Å². The van der Waals surface area contributed by atoms with Gasteiger partial charge in [-0.05, 0) is 0 Å². The minimum Gasteiger partial charge on any atom is -0.264 e. The molecule has 0 saturated carbocycles.